The minimum Gasteiger partial charge on any atom is -0.494 e. The zero-order chi connectivity index (χ0) is 15.2. The Morgan fingerprint density at radius 1 is 1.38 bits per heavy atom. The van der Waals surface area contributed by atoms with E-state index in [1.54, 1.807) is 12.1 Å². The number of hydrogen-bond acceptors (Lipinski definition) is 5. The number of carbonyl (C=O) groups is 1. The first-order valence-electron chi connectivity index (χ1n) is 6.10. The molecule has 0 heterocycles. The first-order valence-corrected chi connectivity index (χ1v) is 7.75. The summed E-state index contributed by atoms with van der Waals surface area (Å²) in [5.74, 6) is 0.0783. The standard InChI is InChI=1S/C12H19N3O4S.ClH/c1-3-20(17,18)15-10-5-4-9(8-11(10)19-2)14-12(16)6-7-13;/h4-5,8,15H,3,6-7,13H2,1-2H3,(H,14,16);1H. The van der Waals surface area contributed by atoms with Crippen molar-refractivity contribution >= 4 is 39.7 Å². The molecule has 0 unspecified atom stereocenters. The largest absolute Gasteiger partial charge is 0.494 e. The number of benzene rings is 1. The van der Waals surface area contributed by atoms with Gasteiger partial charge in [-0.05, 0) is 19.1 Å². The Hall–Kier alpha value is -1.51. The fraction of sp³-hybridized carbons (Fsp3) is 0.417. The molecule has 1 aromatic carbocycles. The second kappa shape index (κ2) is 8.71. The summed E-state index contributed by atoms with van der Waals surface area (Å²) < 4.78 is 30.6. The molecule has 0 aliphatic rings. The van der Waals surface area contributed by atoms with Gasteiger partial charge >= 0.3 is 0 Å². The van der Waals surface area contributed by atoms with Crippen LogP contribution >= 0.6 is 12.4 Å². The number of ether oxygens (including phenoxy) is 1. The van der Waals surface area contributed by atoms with Crippen LogP contribution in [0.2, 0.25) is 0 Å². The lowest BCUT2D eigenvalue weighted by molar-refractivity contribution is -0.116. The van der Waals surface area contributed by atoms with Crippen molar-refractivity contribution in [1.29, 1.82) is 0 Å². The molecule has 1 aromatic rings. The summed E-state index contributed by atoms with van der Waals surface area (Å²) >= 11 is 0. The van der Waals surface area contributed by atoms with Gasteiger partial charge < -0.3 is 15.8 Å². The van der Waals surface area contributed by atoms with E-state index in [9.17, 15) is 13.2 Å². The van der Waals surface area contributed by atoms with Gasteiger partial charge in [0, 0.05) is 24.7 Å². The Morgan fingerprint density at radius 3 is 2.57 bits per heavy atom. The fourth-order valence-electron chi connectivity index (χ4n) is 1.45. The van der Waals surface area contributed by atoms with E-state index < -0.39 is 10.0 Å². The number of methoxy groups -OCH3 is 1. The highest BCUT2D eigenvalue weighted by molar-refractivity contribution is 7.92. The van der Waals surface area contributed by atoms with E-state index in [4.69, 9.17) is 10.5 Å². The molecule has 120 valence electrons. The molecule has 0 fully saturated rings. The fourth-order valence-corrected chi connectivity index (χ4v) is 2.10. The second-order valence-electron chi connectivity index (χ2n) is 4.01. The number of nitrogens with two attached hydrogens (primary N) is 1. The SMILES string of the molecule is CCS(=O)(=O)Nc1ccc(NC(=O)CCN)cc1OC.Cl. The van der Waals surface area contributed by atoms with Crippen LogP contribution in [-0.4, -0.2) is 33.7 Å². The van der Waals surface area contributed by atoms with Crippen LogP contribution in [-0.2, 0) is 14.8 Å². The molecule has 1 rings (SSSR count). The predicted molar refractivity (Wildman–Crippen MR) is 85.6 cm³/mol. The van der Waals surface area contributed by atoms with Crippen molar-refractivity contribution in [3.05, 3.63) is 18.2 Å². The average Bonchev–Trinajstić information content (AvgIpc) is 2.40. The Kier molecular flexibility index (Phi) is 8.08. The van der Waals surface area contributed by atoms with Gasteiger partial charge in [-0.15, -0.1) is 12.4 Å². The highest BCUT2D eigenvalue weighted by Crippen LogP contribution is 2.28. The summed E-state index contributed by atoms with van der Waals surface area (Å²) in [6.07, 6.45) is 0.215. The average molecular weight is 338 g/mol. The summed E-state index contributed by atoms with van der Waals surface area (Å²) in [7, 11) is -1.96. The zero-order valence-corrected chi connectivity index (χ0v) is 13.5. The first-order chi connectivity index (χ1) is 9.41. The number of hydrogen-bond donors (Lipinski definition) is 3. The van der Waals surface area contributed by atoms with Gasteiger partial charge in [-0.25, -0.2) is 8.42 Å². The summed E-state index contributed by atoms with van der Waals surface area (Å²) in [6.45, 7) is 1.80. The number of anilines is 2. The van der Waals surface area contributed by atoms with Gasteiger partial charge in [0.25, 0.3) is 0 Å². The van der Waals surface area contributed by atoms with E-state index in [1.165, 1.54) is 20.1 Å². The van der Waals surface area contributed by atoms with Crippen LogP contribution < -0.4 is 20.5 Å². The third-order valence-electron chi connectivity index (χ3n) is 2.50. The number of halogens is 1. The number of carbonyl (C=O) groups excluding carboxylic acids is 1. The number of sulfonamides is 1. The monoisotopic (exact) mass is 337 g/mol. The number of rotatable bonds is 7. The predicted octanol–water partition coefficient (Wildman–Crippen LogP) is 1.17. The highest BCUT2D eigenvalue weighted by atomic mass is 35.5. The van der Waals surface area contributed by atoms with E-state index in [2.05, 4.69) is 10.0 Å². The van der Waals surface area contributed by atoms with Crippen molar-refractivity contribution in [3.8, 4) is 5.75 Å². The van der Waals surface area contributed by atoms with E-state index in [0.717, 1.165) is 0 Å². The number of nitrogens with one attached hydrogen (secondary N) is 2. The van der Waals surface area contributed by atoms with Gasteiger partial charge in [0.05, 0.1) is 18.6 Å². The summed E-state index contributed by atoms with van der Waals surface area (Å²) in [5, 5.41) is 2.65. The van der Waals surface area contributed by atoms with E-state index in [-0.39, 0.29) is 37.0 Å². The van der Waals surface area contributed by atoms with Gasteiger partial charge in [0.1, 0.15) is 5.75 Å². The molecule has 0 aliphatic carbocycles. The second-order valence-corrected chi connectivity index (χ2v) is 6.02. The quantitative estimate of drug-likeness (QED) is 0.691. The van der Waals surface area contributed by atoms with Crippen molar-refractivity contribution in [1.82, 2.24) is 0 Å². The molecule has 0 aromatic heterocycles. The molecule has 0 bridgehead atoms. The molecule has 4 N–H and O–H groups in total. The summed E-state index contributed by atoms with van der Waals surface area (Å²) in [5.41, 5.74) is 6.12. The smallest absolute Gasteiger partial charge is 0.232 e. The molecular weight excluding hydrogens is 318 g/mol. The normalized spacial score (nSPS) is 10.4. The van der Waals surface area contributed by atoms with Crippen molar-refractivity contribution in [2.75, 3.05) is 29.4 Å². The van der Waals surface area contributed by atoms with Gasteiger partial charge in [0.15, 0.2) is 0 Å². The molecule has 0 spiro atoms. The van der Waals surface area contributed by atoms with Crippen LogP contribution in [0.15, 0.2) is 18.2 Å². The Balaban J connectivity index is 0.00000400. The topological polar surface area (TPSA) is 111 Å². The molecule has 0 saturated heterocycles. The van der Waals surface area contributed by atoms with E-state index >= 15 is 0 Å². The third kappa shape index (κ3) is 6.19. The molecular formula is C12H20ClN3O4S. The number of amides is 1. The van der Waals surface area contributed by atoms with E-state index in [1.807, 2.05) is 0 Å². The van der Waals surface area contributed by atoms with Crippen molar-refractivity contribution in [3.63, 3.8) is 0 Å². The Labute approximate surface area is 130 Å². The maximum atomic E-state index is 11.5. The molecule has 0 saturated carbocycles. The lowest BCUT2D eigenvalue weighted by Gasteiger charge is -2.13. The molecule has 21 heavy (non-hydrogen) atoms. The van der Waals surface area contributed by atoms with Gasteiger partial charge in [-0.1, -0.05) is 0 Å². The Morgan fingerprint density at radius 2 is 2.05 bits per heavy atom. The van der Waals surface area contributed by atoms with E-state index in [0.29, 0.717) is 17.1 Å². The van der Waals surface area contributed by atoms with Crippen LogP contribution in [0.4, 0.5) is 11.4 Å². The van der Waals surface area contributed by atoms with Gasteiger partial charge in [-0.2, -0.15) is 0 Å². The van der Waals surface area contributed by atoms with Gasteiger partial charge in [0.2, 0.25) is 15.9 Å². The highest BCUT2D eigenvalue weighted by Gasteiger charge is 2.12. The molecule has 9 heteroatoms. The molecule has 0 radical (unpaired) electrons. The van der Waals surface area contributed by atoms with Crippen LogP contribution in [0.25, 0.3) is 0 Å². The first kappa shape index (κ1) is 19.5. The van der Waals surface area contributed by atoms with Crippen LogP contribution in [0.1, 0.15) is 13.3 Å². The van der Waals surface area contributed by atoms with Crippen molar-refractivity contribution in [2.24, 2.45) is 5.73 Å². The molecule has 7 nitrogen and oxygen atoms in total. The maximum Gasteiger partial charge on any atom is 0.232 e. The van der Waals surface area contributed by atoms with Crippen molar-refractivity contribution < 1.29 is 17.9 Å². The zero-order valence-electron chi connectivity index (χ0n) is 11.9. The lowest BCUT2D eigenvalue weighted by atomic mass is 10.2. The maximum absolute atomic E-state index is 11.5. The lowest BCUT2D eigenvalue weighted by Crippen LogP contribution is -2.17. The third-order valence-corrected chi connectivity index (χ3v) is 3.79. The van der Waals surface area contributed by atoms with Gasteiger partial charge in [-0.3, -0.25) is 9.52 Å². The van der Waals surface area contributed by atoms with Crippen molar-refractivity contribution in [2.45, 2.75) is 13.3 Å². The molecule has 0 aliphatic heterocycles. The molecule has 1 amide bonds. The minimum absolute atomic E-state index is 0. The summed E-state index contributed by atoms with van der Waals surface area (Å²) in [6, 6.07) is 4.66. The van der Waals surface area contributed by atoms with Crippen LogP contribution in [0.3, 0.4) is 0 Å². The molecule has 0 atom stereocenters. The Bertz CT molecular complexity index is 578. The minimum atomic E-state index is -3.38. The van der Waals surface area contributed by atoms with Crippen LogP contribution in [0.5, 0.6) is 5.75 Å². The summed E-state index contributed by atoms with van der Waals surface area (Å²) in [4.78, 5) is 11.4. The van der Waals surface area contributed by atoms with Crippen LogP contribution in [0, 0.1) is 0 Å².